The average molecular weight is 302 g/mol. The molecule has 0 radical (unpaired) electrons. The zero-order valence-electron chi connectivity index (χ0n) is 11.6. The minimum atomic E-state index is -0.608. The number of carbonyl (C=O) groups excluding carboxylic acids is 2. The lowest BCUT2D eigenvalue weighted by Crippen LogP contribution is -2.43. The molecule has 1 aliphatic rings. The Balaban J connectivity index is 1.64. The number of aromatic nitrogens is 4. The topological polar surface area (TPSA) is 124 Å². The molecule has 2 amide bonds. The summed E-state index contributed by atoms with van der Waals surface area (Å²) in [6.45, 7) is 0.324. The zero-order valence-corrected chi connectivity index (χ0v) is 11.6. The summed E-state index contributed by atoms with van der Waals surface area (Å²) in [4.78, 5) is 29.4. The van der Waals surface area contributed by atoms with E-state index >= 15 is 0 Å². The van der Waals surface area contributed by atoms with Crippen LogP contribution in [0.15, 0.2) is 18.3 Å². The summed E-state index contributed by atoms with van der Waals surface area (Å²) in [5, 5.41) is 22.4. The number of pyridine rings is 1. The van der Waals surface area contributed by atoms with Gasteiger partial charge in [0.1, 0.15) is 11.4 Å². The Kier molecular flexibility index (Phi) is 3.69. The van der Waals surface area contributed by atoms with Gasteiger partial charge in [-0.3, -0.25) is 14.5 Å². The Morgan fingerprint density at radius 2 is 2.27 bits per heavy atom. The van der Waals surface area contributed by atoms with E-state index in [0.717, 1.165) is 18.5 Å². The zero-order chi connectivity index (χ0) is 15.5. The molecule has 0 aliphatic carbocycles. The first-order valence-corrected chi connectivity index (χ1v) is 6.79. The number of fused-ring (bicyclic) bond motifs is 1. The maximum Gasteiger partial charge on any atom is 0.274 e. The number of hydrogen-bond acceptors (Lipinski definition) is 6. The molecule has 2 aromatic heterocycles. The smallest absolute Gasteiger partial charge is 0.274 e. The average Bonchev–Trinajstić information content (AvgIpc) is 3.01. The Hall–Kier alpha value is -2.97. The van der Waals surface area contributed by atoms with Crippen LogP contribution in [0, 0.1) is 0 Å². The summed E-state index contributed by atoms with van der Waals surface area (Å²) in [5.41, 5.74) is 0.629. The van der Waals surface area contributed by atoms with Gasteiger partial charge in [0.25, 0.3) is 5.91 Å². The second-order valence-electron chi connectivity index (χ2n) is 4.80. The van der Waals surface area contributed by atoms with E-state index in [2.05, 4.69) is 25.7 Å². The first-order chi connectivity index (χ1) is 10.7. The van der Waals surface area contributed by atoms with Crippen molar-refractivity contribution < 1.29 is 14.7 Å². The predicted molar refractivity (Wildman–Crippen MR) is 75.3 cm³/mol. The first kappa shape index (κ1) is 14.0. The van der Waals surface area contributed by atoms with E-state index in [0.29, 0.717) is 12.4 Å². The fourth-order valence-corrected chi connectivity index (χ4v) is 2.29. The third-order valence-electron chi connectivity index (χ3n) is 3.35. The van der Waals surface area contributed by atoms with Crippen LogP contribution < -0.4 is 10.2 Å². The van der Waals surface area contributed by atoms with E-state index < -0.39 is 5.91 Å². The summed E-state index contributed by atoms with van der Waals surface area (Å²) in [6, 6.07) is 2.87. The number of nitrogens with zero attached hydrogens (tertiary/aromatic N) is 4. The highest BCUT2D eigenvalue weighted by Crippen LogP contribution is 2.21. The molecular formula is C13H14N6O3. The highest BCUT2D eigenvalue weighted by molar-refractivity contribution is 6.00. The normalized spacial score (nSPS) is 13.5. The molecule has 2 aromatic rings. The molecule has 0 saturated carbocycles. The minimum absolute atomic E-state index is 0.115. The van der Waals surface area contributed by atoms with Gasteiger partial charge in [-0.05, 0) is 25.0 Å². The van der Waals surface area contributed by atoms with Gasteiger partial charge >= 0.3 is 0 Å². The van der Waals surface area contributed by atoms with Crippen LogP contribution in [-0.4, -0.2) is 50.4 Å². The van der Waals surface area contributed by atoms with Crippen molar-refractivity contribution in [2.75, 3.05) is 18.0 Å². The standard InChI is InChI=1S/C13H14N6O3/c20-9-4-1-5-14-11(9)13(22)15-7-10(21)19-6-2-3-8-12(19)17-18-16-8/h1,4-5,20H,2-3,6-7H2,(H,15,22)(H,16,17,18). The monoisotopic (exact) mass is 302 g/mol. The van der Waals surface area contributed by atoms with Crippen LogP contribution in [-0.2, 0) is 11.2 Å². The third kappa shape index (κ3) is 2.60. The Bertz CT molecular complexity index is 713. The van der Waals surface area contributed by atoms with Crippen LogP contribution in [0.1, 0.15) is 22.6 Å². The lowest BCUT2D eigenvalue weighted by Gasteiger charge is -2.24. The van der Waals surface area contributed by atoms with Crippen LogP contribution in [0.3, 0.4) is 0 Å². The fraction of sp³-hybridized carbons (Fsp3) is 0.308. The number of aryl methyl sites for hydroxylation is 1. The second kappa shape index (κ2) is 5.80. The number of carbonyl (C=O) groups is 2. The fourth-order valence-electron chi connectivity index (χ4n) is 2.29. The Morgan fingerprint density at radius 1 is 1.41 bits per heavy atom. The molecule has 0 saturated heterocycles. The number of amides is 2. The molecule has 9 heteroatoms. The van der Waals surface area contributed by atoms with Crippen molar-refractivity contribution in [1.82, 2.24) is 25.7 Å². The van der Waals surface area contributed by atoms with E-state index in [9.17, 15) is 14.7 Å². The van der Waals surface area contributed by atoms with Crippen molar-refractivity contribution in [2.24, 2.45) is 0 Å². The molecule has 0 bridgehead atoms. The van der Waals surface area contributed by atoms with Gasteiger partial charge in [-0.1, -0.05) is 0 Å². The summed E-state index contributed by atoms with van der Waals surface area (Å²) in [7, 11) is 0. The van der Waals surface area contributed by atoms with Crippen LogP contribution in [0.25, 0.3) is 0 Å². The van der Waals surface area contributed by atoms with Crippen molar-refractivity contribution in [3.63, 3.8) is 0 Å². The molecule has 22 heavy (non-hydrogen) atoms. The largest absolute Gasteiger partial charge is 0.505 e. The molecule has 0 fully saturated rings. The van der Waals surface area contributed by atoms with Crippen molar-refractivity contribution >= 4 is 17.6 Å². The number of hydrogen-bond donors (Lipinski definition) is 3. The number of aromatic amines is 1. The molecule has 114 valence electrons. The van der Waals surface area contributed by atoms with Gasteiger partial charge in [0.2, 0.25) is 5.91 Å². The maximum absolute atomic E-state index is 12.2. The van der Waals surface area contributed by atoms with Gasteiger partial charge < -0.3 is 10.4 Å². The van der Waals surface area contributed by atoms with E-state index in [-0.39, 0.29) is 23.9 Å². The van der Waals surface area contributed by atoms with E-state index in [1.54, 1.807) is 0 Å². The highest BCUT2D eigenvalue weighted by Gasteiger charge is 2.26. The van der Waals surface area contributed by atoms with Gasteiger partial charge in [-0.15, -0.1) is 5.10 Å². The minimum Gasteiger partial charge on any atom is -0.505 e. The number of rotatable bonds is 3. The van der Waals surface area contributed by atoms with Crippen LogP contribution >= 0.6 is 0 Å². The third-order valence-corrected chi connectivity index (χ3v) is 3.35. The number of anilines is 1. The lowest BCUT2D eigenvalue weighted by molar-refractivity contribution is -0.117. The van der Waals surface area contributed by atoms with Crippen LogP contribution in [0.2, 0.25) is 0 Å². The van der Waals surface area contributed by atoms with E-state index in [1.807, 2.05) is 0 Å². The molecule has 3 N–H and O–H groups in total. The molecule has 9 nitrogen and oxygen atoms in total. The molecular weight excluding hydrogens is 288 g/mol. The van der Waals surface area contributed by atoms with Crippen molar-refractivity contribution in [3.8, 4) is 5.75 Å². The summed E-state index contributed by atoms with van der Waals surface area (Å²) < 4.78 is 0. The Morgan fingerprint density at radius 3 is 3.09 bits per heavy atom. The quantitative estimate of drug-likeness (QED) is 0.709. The number of nitrogens with one attached hydrogen (secondary N) is 2. The molecule has 3 rings (SSSR count). The van der Waals surface area contributed by atoms with Crippen molar-refractivity contribution in [2.45, 2.75) is 12.8 Å². The van der Waals surface area contributed by atoms with Crippen molar-refractivity contribution in [3.05, 3.63) is 29.7 Å². The predicted octanol–water partition coefficient (Wildman–Crippen LogP) is -0.386. The number of H-pyrrole nitrogens is 1. The summed E-state index contributed by atoms with van der Waals surface area (Å²) in [5.74, 6) is -0.627. The first-order valence-electron chi connectivity index (χ1n) is 6.79. The second-order valence-corrected chi connectivity index (χ2v) is 4.80. The highest BCUT2D eigenvalue weighted by atomic mass is 16.3. The molecule has 0 spiro atoms. The van der Waals surface area contributed by atoms with Gasteiger partial charge in [-0.25, -0.2) is 4.98 Å². The molecule has 0 aromatic carbocycles. The van der Waals surface area contributed by atoms with Crippen LogP contribution in [0.5, 0.6) is 5.75 Å². The van der Waals surface area contributed by atoms with E-state index in [1.165, 1.54) is 23.2 Å². The lowest BCUT2D eigenvalue weighted by atomic mass is 10.1. The van der Waals surface area contributed by atoms with Gasteiger partial charge in [0, 0.05) is 12.7 Å². The van der Waals surface area contributed by atoms with Crippen molar-refractivity contribution in [1.29, 1.82) is 0 Å². The summed E-state index contributed by atoms with van der Waals surface area (Å²) in [6.07, 6.45) is 2.95. The SMILES string of the molecule is O=C(NCC(=O)N1CCCc2n[nH]nc21)c1ncccc1O. The molecule has 1 aliphatic heterocycles. The molecule has 0 unspecified atom stereocenters. The van der Waals surface area contributed by atoms with E-state index in [4.69, 9.17) is 0 Å². The molecule has 3 heterocycles. The summed E-state index contributed by atoms with van der Waals surface area (Å²) >= 11 is 0. The Labute approximate surface area is 125 Å². The van der Waals surface area contributed by atoms with Crippen LogP contribution in [0.4, 0.5) is 5.82 Å². The molecule has 0 atom stereocenters. The number of aromatic hydroxyl groups is 1. The van der Waals surface area contributed by atoms with Gasteiger partial charge in [0.05, 0.1) is 6.54 Å². The maximum atomic E-state index is 12.2. The van der Waals surface area contributed by atoms with Gasteiger partial charge in [-0.2, -0.15) is 10.3 Å². The van der Waals surface area contributed by atoms with Gasteiger partial charge in [0.15, 0.2) is 11.5 Å².